The van der Waals surface area contributed by atoms with Gasteiger partial charge in [-0.25, -0.2) is 4.39 Å². The largest absolute Gasteiger partial charge is 0.389 e. The summed E-state index contributed by atoms with van der Waals surface area (Å²) in [6.07, 6.45) is 5.03. The molecule has 2 nitrogen and oxygen atoms in total. The van der Waals surface area contributed by atoms with E-state index >= 15 is 0 Å². The standard InChI is InChI=1S/C14H19FN2S/c1-17(12-4-2-3-5-12)9-11-7-6-10(14(16)18)8-13(11)15/h6-8,12H,2-5,9H2,1H3,(H2,16,18). The second kappa shape index (κ2) is 5.76. The fraction of sp³-hybridized carbons (Fsp3) is 0.500. The maximum Gasteiger partial charge on any atom is 0.128 e. The van der Waals surface area contributed by atoms with E-state index in [-0.39, 0.29) is 10.8 Å². The van der Waals surface area contributed by atoms with Crippen molar-refractivity contribution in [2.24, 2.45) is 5.73 Å². The number of nitrogens with zero attached hydrogens (tertiary/aromatic N) is 1. The van der Waals surface area contributed by atoms with Gasteiger partial charge in [0.1, 0.15) is 10.8 Å². The molecular formula is C14H19FN2S. The molecule has 0 bridgehead atoms. The molecule has 1 aromatic carbocycles. The number of halogens is 1. The summed E-state index contributed by atoms with van der Waals surface area (Å²) in [5, 5.41) is 0. The first-order valence-corrected chi connectivity index (χ1v) is 6.77. The molecule has 0 amide bonds. The van der Waals surface area contributed by atoms with Gasteiger partial charge in [-0.1, -0.05) is 37.2 Å². The van der Waals surface area contributed by atoms with E-state index in [2.05, 4.69) is 11.9 Å². The van der Waals surface area contributed by atoms with Crippen LogP contribution in [0.3, 0.4) is 0 Å². The van der Waals surface area contributed by atoms with Gasteiger partial charge in [-0.15, -0.1) is 0 Å². The van der Waals surface area contributed by atoms with Crippen LogP contribution in [-0.4, -0.2) is 23.0 Å². The molecule has 0 saturated heterocycles. The van der Waals surface area contributed by atoms with Crippen LogP contribution in [0, 0.1) is 5.82 Å². The van der Waals surface area contributed by atoms with Gasteiger partial charge >= 0.3 is 0 Å². The van der Waals surface area contributed by atoms with Crippen molar-refractivity contribution >= 4 is 17.2 Å². The molecule has 0 heterocycles. The zero-order chi connectivity index (χ0) is 13.1. The Morgan fingerprint density at radius 3 is 2.67 bits per heavy atom. The van der Waals surface area contributed by atoms with Crippen LogP contribution in [0.1, 0.15) is 36.8 Å². The minimum Gasteiger partial charge on any atom is -0.389 e. The Morgan fingerprint density at radius 1 is 1.44 bits per heavy atom. The van der Waals surface area contributed by atoms with Crippen LogP contribution >= 0.6 is 12.2 Å². The van der Waals surface area contributed by atoms with Crippen LogP contribution in [0.25, 0.3) is 0 Å². The third-order valence-electron chi connectivity index (χ3n) is 3.71. The highest BCUT2D eigenvalue weighted by Gasteiger charge is 2.20. The Kier molecular flexibility index (Phi) is 4.30. The van der Waals surface area contributed by atoms with Gasteiger partial charge in [-0.3, -0.25) is 4.90 Å². The molecule has 0 aliphatic heterocycles. The maximum atomic E-state index is 13.9. The summed E-state index contributed by atoms with van der Waals surface area (Å²) in [6, 6.07) is 5.61. The molecule has 98 valence electrons. The van der Waals surface area contributed by atoms with E-state index in [4.69, 9.17) is 18.0 Å². The smallest absolute Gasteiger partial charge is 0.128 e. The van der Waals surface area contributed by atoms with Crippen molar-refractivity contribution in [3.63, 3.8) is 0 Å². The molecule has 2 rings (SSSR count). The van der Waals surface area contributed by atoms with Gasteiger partial charge in [0.2, 0.25) is 0 Å². The quantitative estimate of drug-likeness (QED) is 0.850. The monoisotopic (exact) mass is 266 g/mol. The lowest BCUT2D eigenvalue weighted by molar-refractivity contribution is 0.234. The summed E-state index contributed by atoms with van der Waals surface area (Å²) in [5.41, 5.74) is 6.79. The minimum atomic E-state index is -0.217. The first-order chi connectivity index (χ1) is 8.58. The predicted octanol–water partition coefficient (Wildman–Crippen LogP) is 2.83. The van der Waals surface area contributed by atoms with E-state index in [1.54, 1.807) is 12.1 Å². The number of nitrogens with two attached hydrogens (primary N) is 1. The SMILES string of the molecule is CN(Cc1ccc(C(N)=S)cc1F)C1CCCC1. The predicted molar refractivity (Wildman–Crippen MR) is 76.0 cm³/mol. The number of thiocarbonyl (C=S) groups is 1. The van der Waals surface area contributed by atoms with Crippen molar-refractivity contribution in [3.8, 4) is 0 Å². The van der Waals surface area contributed by atoms with Crippen molar-refractivity contribution in [1.82, 2.24) is 4.90 Å². The lowest BCUT2D eigenvalue weighted by Crippen LogP contribution is -2.29. The third-order valence-corrected chi connectivity index (χ3v) is 3.94. The van der Waals surface area contributed by atoms with Crippen molar-refractivity contribution < 1.29 is 4.39 Å². The molecule has 4 heteroatoms. The molecule has 0 spiro atoms. The molecule has 2 N–H and O–H groups in total. The van der Waals surface area contributed by atoms with E-state index in [1.807, 2.05) is 0 Å². The molecular weight excluding hydrogens is 247 g/mol. The first-order valence-electron chi connectivity index (χ1n) is 6.36. The van der Waals surface area contributed by atoms with E-state index in [1.165, 1.54) is 31.7 Å². The van der Waals surface area contributed by atoms with Crippen molar-refractivity contribution in [2.75, 3.05) is 7.05 Å². The summed E-state index contributed by atoms with van der Waals surface area (Å²) >= 11 is 4.84. The van der Waals surface area contributed by atoms with Crippen LogP contribution < -0.4 is 5.73 Å². The lowest BCUT2D eigenvalue weighted by Gasteiger charge is -2.24. The van der Waals surface area contributed by atoms with Gasteiger partial charge in [0.25, 0.3) is 0 Å². The fourth-order valence-electron chi connectivity index (χ4n) is 2.57. The molecule has 1 aliphatic rings. The summed E-state index contributed by atoms with van der Waals surface area (Å²) in [5.74, 6) is -0.217. The van der Waals surface area contributed by atoms with Crippen molar-refractivity contribution in [1.29, 1.82) is 0 Å². The van der Waals surface area contributed by atoms with Crippen molar-refractivity contribution in [2.45, 2.75) is 38.3 Å². The van der Waals surface area contributed by atoms with Crippen LogP contribution in [-0.2, 0) is 6.54 Å². The molecule has 18 heavy (non-hydrogen) atoms. The maximum absolute atomic E-state index is 13.9. The van der Waals surface area contributed by atoms with E-state index < -0.39 is 0 Å². The van der Waals surface area contributed by atoms with Gasteiger partial charge in [-0.2, -0.15) is 0 Å². The number of hydrogen-bond acceptors (Lipinski definition) is 2. The Bertz CT molecular complexity index is 441. The number of rotatable bonds is 4. The van der Waals surface area contributed by atoms with Crippen LogP contribution in [0.5, 0.6) is 0 Å². The third kappa shape index (κ3) is 3.06. The van der Waals surface area contributed by atoms with E-state index in [0.717, 1.165) is 0 Å². The highest BCUT2D eigenvalue weighted by Crippen LogP contribution is 2.24. The van der Waals surface area contributed by atoms with Gasteiger partial charge in [0.05, 0.1) is 0 Å². The van der Waals surface area contributed by atoms with Gasteiger partial charge in [0.15, 0.2) is 0 Å². The second-order valence-electron chi connectivity index (χ2n) is 5.02. The zero-order valence-corrected chi connectivity index (χ0v) is 11.5. The Balaban J connectivity index is 2.06. The van der Waals surface area contributed by atoms with Crippen molar-refractivity contribution in [3.05, 3.63) is 35.1 Å². The fourth-order valence-corrected chi connectivity index (χ4v) is 2.70. The molecule has 0 unspecified atom stereocenters. The number of benzene rings is 1. The summed E-state index contributed by atoms with van der Waals surface area (Å²) in [6.45, 7) is 0.647. The minimum absolute atomic E-state index is 0.217. The average Bonchev–Trinajstić information content (AvgIpc) is 2.85. The first kappa shape index (κ1) is 13.4. The molecule has 1 aliphatic carbocycles. The van der Waals surface area contributed by atoms with Gasteiger partial charge in [-0.05, 0) is 26.0 Å². The Hall–Kier alpha value is -1.00. The molecule has 0 radical (unpaired) electrons. The molecule has 0 aromatic heterocycles. The van der Waals surface area contributed by atoms with E-state index in [9.17, 15) is 4.39 Å². The Labute approximate surface area is 113 Å². The molecule has 1 fully saturated rings. The lowest BCUT2D eigenvalue weighted by atomic mass is 10.1. The molecule has 1 saturated carbocycles. The van der Waals surface area contributed by atoms with Crippen LogP contribution in [0.2, 0.25) is 0 Å². The molecule has 1 aromatic rings. The second-order valence-corrected chi connectivity index (χ2v) is 5.46. The normalized spacial score (nSPS) is 16.4. The Morgan fingerprint density at radius 2 is 2.11 bits per heavy atom. The zero-order valence-electron chi connectivity index (χ0n) is 10.7. The van der Waals surface area contributed by atoms with Gasteiger partial charge < -0.3 is 5.73 Å². The van der Waals surface area contributed by atoms with Crippen LogP contribution in [0.15, 0.2) is 18.2 Å². The van der Waals surface area contributed by atoms with Crippen LogP contribution in [0.4, 0.5) is 4.39 Å². The van der Waals surface area contributed by atoms with Gasteiger partial charge in [0, 0.05) is 23.7 Å². The average molecular weight is 266 g/mol. The topological polar surface area (TPSA) is 29.3 Å². The number of hydrogen-bond donors (Lipinski definition) is 1. The highest BCUT2D eigenvalue weighted by molar-refractivity contribution is 7.80. The summed E-state index contributed by atoms with van der Waals surface area (Å²) < 4.78 is 13.9. The summed E-state index contributed by atoms with van der Waals surface area (Å²) in [4.78, 5) is 2.48. The van der Waals surface area contributed by atoms with E-state index in [0.29, 0.717) is 23.7 Å². The summed E-state index contributed by atoms with van der Waals surface area (Å²) in [7, 11) is 2.07. The highest BCUT2D eigenvalue weighted by atomic mass is 32.1. The molecule has 0 atom stereocenters.